The van der Waals surface area contributed by atoms with Crippen LogP contribution in [-0.2, 0) is 0 Å². The minimum atomic E-state index is 0.138. The zero-order valence-corrected chi connectivity index (χ0v) is 22.9. The fourth-order valence-corrected chi connectivity index (χ4v) is 4.22. The first-order valence-electron chi connectivity index (χ1n) is 12.5. The van der Waals surface area contributed by atoms with E-state index >= 15 is 0 Å². The van der Waals surface area contributed by atoms with Gasteiger partial charge in [-0.3, -0.25) is 0 Å². The maximum atomic E-state index is 9.11. The summed E-state index contributed by atoms with van der Waals surface area (Å²) in [5, 5.41) is 16.7. The third kappa shape index (κ3) is 9.20. The van der Waals surface area contributed by atoms with Crippen LogP contribution in [-0.4, -0.2) is 33.3 Å². The van der Waals surface area contributed by atoms with E-state index in [2.05, 4.69) is 36.5 Å². The molecule has 2 aromatic heterocycles. The molecule has 1 unspecified atom stereocenters. The van der Waals surface area contributed by atoms with E-state index in [1.165, 1.54) is 12.8 Å². The highest BCUT2D eigenvalue weighted by atomic mass is 35.5. The Morgan fingerprint density at radius 3 is 2.59 bits per heavy atom. The fraction of sp³-hybridized carbons (Fsp3) is 0.367. The van der Waals surface area contributed by atoms with Crippen LogP contribution in [0.25, 0.3) is 16.7 Å². The minimum absolute atomic E-state index is 0.138. The van der Waals surface area contributed by atoms with E-state index in [4.69, 9.17) is 31.7 Å². The van der Waals surface area contributed by atoms with Gasteiger partial charge in [-0.1, -0.05) is 74.6 Å². The van der Waals surface area contributed by atoms with Crippen LogP contribution in [0.1, 0.15) is 52.1 Å². The first kappa shape index (κ1) is 29.8. The lowest BCUT2D eigenvalue weighted by atomic mass is 9.89. The molecule has 2 aromatic rings. The summed E-state index contributed by atoms with van der Waals surface area (Å²) in [5.74, 6) is 0.905. The molecule has 0 aliphatic heterocycles. The molecule has 37 heavy (non-hydrogen) atoms. The Hall–Kier alpha value is -3.40. The number of aliphatic hydroxyl groups is 1. The molecule has 2 N–H and O–H groups in total. The van der Waals surface area contributed by atoms with Gasteiger partial charge in [0.1, 0.15) is 6.10 Å². The van der Waals surface area contributed by atoms with Crippen molar-refractivity contribution in [2.75, 3.05) is 7.11 Å². The predicted molar refractivity (Wildman–Crippen MR) is 153 cm³/mol. The number of ether oxygens (including phenoxy) is 1. The zero-order chi connectivity index (χ0) is 27.2. The lowest BCUT2D eigenvalue weighted by Gasteiger charge is -2.25. The van der Waals surface area contributed by atoms with E-state index < -0.39 is 0 Å². The fourth-order valence-electron chi connectivity index (χ4n) is 3.96. The van der Waals surface area contributed by atoms with Gasteiger partial charge in [-0.25, -0.2) is 4.98 Å². The summed E-state index contributed by atoms with van der Waals surface area (Å²) in [7, 11) is 1.00. The van der Waals surface area contributed by atoms with Crippen molar-refractivity contribution in [2.24, 2.45) is 11.8 Å². The number of hydrogen-bond donors (Lipinski definition) is 2. The number of halogens is 1. The zero-order valence-electron chi connectivity index (χ0n) is 22.1. The molecule has 0 radical (unpaired) electrons. The van der Waals surface area contributed by atoms with Crippen molar-refractivity contribution in [3.05, 3.63) is 83.6 Å². The van der Waals surface area contributed by atoms with Gasteiger partial charge < -0.3 is 14.8 Å². The molecule has 196 valence electrons. The summed E-state index contributed by atoms with van der Waals surface area (Å²) in [6.07, 6.45) is 21.6. The quantitative estimate of drug-likeness (QED) is 0.263. The molecule has 1 aliphatic carbocycles. The van der Waals surface area contributed by atoms with Gasteiger partial charge in [0, 0.05) is 12.7 Å². The summed E-state index contributed by atoms with van der Waals surface area (Å²) < 4.78 is 6.11. The standard InChI is InChI=1S/C29H33ClN4O.CH4O/c1-5-8-22(19-31)15-12-20(3)10-7-11-23(9-6-2)27-25(30)18-26-28(33-27)34-29(32-26)35-24-16-13-21(4)14-17-24;1-2/h5-12,15,18,20-21,24H,1,13-14,16-17H2,2-4H3,(H,32,33,34);2H,1H3/b9-6-,10-7+,15-12-,22-8+,23-11+;. The molecular formula is C30H37ClN4O2. The second kappa shape index (κ2) is 15.7. The van der Waals surface area contributed by atoms with Gasteiger partial charge in [0.25, 0.3) is 6.01 Å². The molecule has 1 atom stereocenters. The molecule has 0 spiro atoms. The Kier molecular flexibility index (Phi) is 12.6. The number of fused-ring (bicyclic) bond motifs is 1. The number of aliphatic hydroxyl groups excluding tert-OH is 1. The van der Waals surface area contributed by atoms with E-state index in [9.17, 15) is 0 Å². The van der Waals surface area contributed by atoms with Gasteiger partial charge in [-0.2, -0.15) is 10.2 Å². The van der Waals surface area contributed by atoms with Gasteiger partial charge in [-0.15, -0.1) is 0 Å². The monoisotopic (exact) mass is 520 g/mol. The van der Waals surface area contributed by atoms with Crippen molar-refractivity contribution in [3.8, 4) is 12.1 Å². The number of pyridine rings is 1. The van der Waals surface area contributed by atoms with Crippen LogP contribution in [0.15, 0.2) is 72.9 Å². The van der Waals surface area contributed by atoms with Gasteiger partial charge in [0.05, 0.1) is 27.9 Å². The smallest absolute Gasteiger partial charge is 0.296 e. The van der Waals surface area contributed by atoms with E-state index in [1.807, 2.05) is 49.4 Å². The molecule has 0 aromatic carbocycles. The number of nitriles is 1. The summed E-state index contributed by atoms with van der Waals surface area (Å²) in [6.45, 7) is 9.92. The lowest BCUT2D eigenvalue weighted by Crippen LogP contribution is -2.23. The molecule has 3 rings (SSSR count). The number of hydrogen-bond acceptors (Lipinski definition) is 5. The molecule has 1 aliphatic rings. The van der Waals surface area contributed by atoms with Crippen LogP contribution >= 0.6 is 11.6 Å². The maximum absolute atomic E-state index is 9.11. The summed E-state index contributed by atoms with van der Waals surface area (Å²) in [5.41, 5.74) is 3.44. The third-order valence-corrected chi connectivity index (χ3v) is 6.25. The number of nitrogens with zero attached hydrogens (tertiary/aromatic N) is 3. The summed E-state index contributed by atoms with van der Waals surface area (Å²) in [6, 6.07) is 4.49. The van der Waals surface area contributed by atoms with Crippen LogP contribution in [0, 0.1) is 23.2 Å². The Morgan fingerprint density at radius 2 is 1.95 bits per heavy atom. The molecule has 0 amide bonds. The highest BCUT2D eigenvalue weighted by molar-refractivity contribution is 6.32. The lowest BCUT2D eigenvalue weighted by molar-refractivity contribution is 0.126. The first-order chi connectivity index (χ1) is 17.9. The molecule has 0 saturated heterocycles. The molecule has 6 nitrogen and oxygen atoms in total. The molecule has 1 saturated carbocycles. The van der Waals surface area contributed by atoms with Gasteiger partial charge in [-0.05, 0) is 62.7 Å². The van der Waals surface area contributed by atoms with Crippen molar-refractivity contribution in [1.82, 2.24) is 15.0 Å². The second-order valence-electron chi connectivity index (χ2n) is 8.93. The first-order valence-corrected chi connectivity index (χ1v) is 12.9. The SMILES string of the molecule is C=C/C=C(C#N)\C=C/C(C)/C=C/C=C(\C=C/C)c1nc2nc(OC3CCC(C)CC3)[nH]c2cc1Cl.CO. The highest BCUT2D eigenvalue weighted by Crippen LogP contribution is 2.30. The highest BCUT2D eigenvalue weighted by Gasteiger charge is 2.21. The largest absolute Gasteiger partial charge is 0.461 e. The number of nitrogens with one attached hydrogen (secondary N) is 1. The topological polar surface area (TPSA) is 94.8 Å². The number of H-pyrrole nitrogens is 1. The molecule has 1 fully saturated rings. The Balaban J connectivity index is 0.00000235. The summed E-state index contributed by atoms with van der Waals surface area (Å²) in [4.78, 5) is 12.5. The Labute approximate surface area is 225 Å². The normalized spacial score (nSPS) is 19.7. The van der Waals surface area contributed by atoms with Crippen molar-refractivity contribution in [1.29, 1.82) is 5.26 Å². The van der Waals surface area contributed by atoms with Crippen molar-refractivity contribution in [3.63, 3.8) is 0 Å². The van der Waals surface area contributed by atoms with Crippen LogP contribution in [0.4, 0.5) is 0 Å². The average molecular weight is 521 g/mol. The van der Waals surface area contributed by atoms with Gasteiger partial charge >= 0.3 is 0 Å². The molecule has 7 heteroatoms. The van der Waals surface area contributed by atoms with Crippen LogP contribution in [0.5, 0.6) is 6.01 Å². The van der Waals surface area contributed by atoms with Crippen LogP contribution < -0.4 is 4.74 Å². The van der Waals surface area contributed by atoms with Crippen molar-refractivity contribution in [2.45, 2.75) is 52.6 Å². The second-order valence-corrected chi connectivity index (χ2v) is 9.33. The average Bonchev–Trinajstić information content (AvgIpc) is 3.29. The number of aromatic nitrogens is 3. The van der Waals surface area contributed by atoms with E-state index in [0.717, 1.165) is 37.0 Å². The predicted octanol–water partition coefficient (Wildman–Crippen LogP) is 7.52. The van der Waals surface area contributed by atoms with Crippen LogP contribution in [0.3, 0.4) is 0 Å². The van der Waals surface area contributed by atoms with E-state index in [-0.39, 0.29) is 12.0 Å². The minimum Gasteiger partial charge on any atom is -0.461 e. The maximum Gasteiger partial charge on any atom is 0.296 e. The Bertz CT molecular complexity index is 1220. The number of imidazole rings is 1. The van der Waals surface area contributed by atoms with Crippen molar-refractivity contribution >= 4 is 28.3 Å². The van der Waals surface area contributed by atoms with Gasteiger partial charge in [0.15, 0.2) is 5.65 Å². The van der Waals surface area contributed by atoms with Crippen molar-refractivity contribution < 1.29 is 9.84 Å². The van der Waals surface area contributed by atoms with E-state index in [1.54, 1.807) is 18.2 Å². The summed E-state index contributed by atoms with van der Waals surface area (Å²) >= 11 is 6.62. The van der Waals surface area contributed by atoms with Crippen LogP contribution in [0.2, 0.25) is 5.02 Å². The van der Waals surface area contributed by atoms with E-state index in [0.29, 0.717) is 27.9 Å². The van der Waals surface area contributed by atoms with Gasteiger partial charge in [0.2, 0.25) is 0 Å². The number of rotatable bonds is 9. The molecular weight excluding hydrogens is 484 g/mol. The molecule has 0 bridgehead atoms. The molecule has 2 heterocycles. The third-order valence-electron chi connectivity index (χ3n) is 5.96. The number of allylic oxidation sites excluding steroid dienone is 11. The Morgan fingerprint density at radius 1 is 1.22 bits per heavy atom. The number of aromatic amines is 1.